The highest BCUT2D eigenvalue weighted by Gasteiger charge is 2.52. The lowest BCUT2D eigenvalue weighted by molar-refractivity contribution is -0.152. The molecule has 2 aliphatic carbocycles. The molecule has 2 atom stereocenters. The van der Waals surface area contributed by atoms with Crippen molar-refractivity contribution >= 4 is 11.8 Å². The van der Waals surface area contributed by atoms with E-state index in [9.17, 15) is 9.59 Å². The molecule has 0 aliphatic heterocycles. The lowest BCUT2D eigenvalue weighted by Crippen LogP contribution is -2.40. The molecule has 2 rings (SSSR count). The Morgan fingerprint density at radius 1 is 1.29 bits per heavy atom. The minimum atomic E-state index is -0.766. The van der Waals surface area contributed by atoms with E-state index in [1.165, 1.54) is 0 Å². The second-order valence-electron chi connectivity index (χ2n) is 4.57. The molecule has 1 N–H and O–H groups in total. The van der Waals surface area contributed by atoms with Crippen molar-refractivity contribution in [1.82, 2.24) is 0 Å². The van der Waals surface area contributed by atoms with Gasteiger partial charge in [0.15, 0.2) is 0 Å². The van der Waals surface area contributed by atoms with E-state index in [0.29, 0.717) is 12.8 Å². The number of hydrogen-bond acceptors (Lipinski definition) is 2. The van der Waals surface area contributed by atoms with Gasteiger partial charge >= 0.3 is 5.97 Å². The molecule has 0 bridgehead atoms. The molecule has 0 radical (unpaired) electrons. The van der Waals surface area contributed by atoms with Crippen LogP contribution >= 0.6 is 0 Å². The highest BCUT2D eigenvalue weighted by Crippen LogP contribution is 2.50. The Morgan fingerprint density at radius 2 is 2.00 bits per heavy atom. The number of rotatable bonds is 1. The summed E-state index contributed by atoms with van der Waals surface area (Å²) in [5, 5.41) is 9.10. The Hall–Kier alpha value is -0.860. The van der Waals surface area contributed by atoms with Crippen molar-refractivity contribution in [3.63, 3.8) is 0 Å². The van der Waals surface area contributed by atoms with Crippen LogP contribution in [0.5, 0.6) is 0 Å². The smallest absolute Gasteiger partial charge is 0.307 e. The van der Waals surface area contributed by atoms with Crippen LogP contribution in [0.1, 0.15) is 44.9 Å². The predicted molar refractivity (Wildman–Crippen MR) is 50.9 cm³/mol. The monoisotopic (exact) mass is 196 g/mol. The molecule has 2 aliphatic rings. The van der Waals surface area contributed by atoms with Crippen molar-refractivity contribution < 1.29 is 14.7 Å². The number of carboxylic acid groups (broad SMARTS) is 1. The Kier molecular flexibility index (Phi) is 2.33. The maximum Gasteiger partial charge on any atom is 0.307 e. The third-order valence-corrected chi connectivity index (χ3v) is 3.91. The molecule has 0 heterocycles. The lowest BCUT2D eigenvalue weighted by Gasteiger charge is -2.35. The summed E-state index contributed by atoms with van der Waals surface area (Å²) >= 11 is 0. The van der Waals surface area contributed by atoms with Crippen molar-refractivity contribution in [3.8, 4) is 0 Å². The molecule has 78 valence electrons. The summed E-state index contributed by atoms with van der Waals surface area (Å²) < 4.78 is 0. The average Bonchev–Trinajstić information content (AvgIpc) is 2.55. The van der Waals surface area contributed by atoms with Gasteiger partial charge in [0.1, 0.15) is 5.78 Å². The minimum absolute atomic E-state index is 0.216. The van der Waals surface area contributed by atoms with Gasteiger partial charge in [-0.25, -0.2) is 0 Å². The zero-order valence-electron chi connectivity index (χ0n) is 8.29. The minimum Gasteiger partial charge on any atom is -0.481 e. The second kappa shape index (κ2) is 3.37. The number of carboxylic acids is 1. The van der Waals surface area contributed by atoms with Crippen LogP contribution < -0.4 is 0 Å². The van der Waals surface area contributed by atoms with Crippen molar-refractivity contribution in [3.05, 3.63) is 0 Å². The van der Waals surface area contributed by atoms with Crippen LogP contribution in [-0.2, 0) is 9.59 Å². The molecular formula is C11H16O3. The van der Waals surface area contributed by atoms with Gasteiger partial charge in [-0.2, -0.15) is 0 Å². The van der Waals surface area contributed by atoms with Crippen molar-refractivity contribution in [2.75, 3.05) is 0 Å². The van der Waals surface area contributed by atoms with Crippen LogP contribution in [0.3, 0.4) is 0 Å². The summed E-state index contributed by atoms with van der Waals surface area (Å²) in [7, 11) is 0. The fourth-order valence-corrected chi connectivity index (χ4v) is 3.18. The van der Waals surface area contributed by atoms with Crippen LogP contribution in [0.2, 0.25) is 0 Å². The van der Waals surface area contributed by atoms with Gasteiger partial charge in [0.05, 0.1) is 5.92 Å². The Bertz CT molecular complexity index is 272. The fraction of sp³-hybridized carbons (Fsp3) is 0.818. The molecule has 0 aromatic carbocycles. The van der Waals surface area contributed by atoms with E-state index in [1.54, 1.807) is 0 Å². The quantitative estimate of drug-likeness (QED) is 0.697. The van der Waals surface area contributed by atoms with Gasteiger partial charge in [0.2, 0.25) is 0 Å². The highest BCUT2D eigenvalue weighted by atomic mass is 16.4. The molecule has 2 unspecified atom stereocenters. The zero-order valence-corrected chi connectivity index (χ0v) is 8.29. The maximum absolute atomic E-state index is 11.9. The van der Waals surface area contributed by atoms with Gasteiger partial charge in [-0.3, -0.25) is 9.59 Å². The van der Waals surface area contributed by atoms with E-state index in [0.717, 1.165) is 32.1 Å². The molecule has 3 nitrogen and oxygen atoms in total. The van der Waals surface area contributed by atoms with Crippen molar-refractivity contribution in [2.45, 2.75) is 44.9 Å². The number of hydrogen-bond donors (Lipinski definition) is 1. The zero-order chi connectivity index (χ0) is 10.2. The lowest BCUT2D eigenvalue weighted by atomic mass is 9.66. The van der Waals surface area contributed by atoms with E-state index in [2.05, 4.69) is 0 Å². The molecule has 2 saturated carbocycles. The molecule has 14 heavy (non-hydrogen) atoms. The van der Waals surface area contributed by atoms with Crippen molar-refractivity contribution in [2.24, 2.45) is 11.3 Å². The summed E-state index contributed by atoms with van der Waals surface area (Å²) in [5.41, 5.74) is -0.468. The Balaban J connectivity index is 2.27. The number of aliphatic carboxylic acids is 1. The molecule has 0 aromatic heterocycles. The van der Waals surface area contributed by atoms with Crippen LogP contribution in [0.15, 0.2) is 0 Å². The molecule has 0 saturated heterocycles. The van der Waals surface area contributed by atoms with Crippen LogP contribution in [0.25, 0.3) is 0 Å². The predicted octanol–water partition coefficient (Wildman–Crippen LogP) is 2.00. The maximum atomic E-state index is 11.9. The molecule has 0 aromatic rings. The van der Waals surface area contributed by atoms with Gasteiger partial charge in [0, 0.05) is 11.8 Å². The van der Waals surface area contributed by atoms with Crippen LogP contribution in [0.4, 0.5) is 0 Å². The second-order valence-corrected chi connectivity index (χ2v) is 4.57. The van der Waals surface area contributed by atoms with Crippen LogP contribution in [-0.4, -0.2) is 16.9 Å². The number of ketones is 1. The SMILES string of the molecule is O=C(O)C1CCCC12CCCCC2=O. The first-order valence-electron chi connectivity index (χ1n) is 5.43. The largest absolute Gasteiger partial charge is 0.481 e. The van der Waals surface area contributed by atoms with Gasteiger partial charge < -0.3 is 5.11 Å². The summed E-state index contributed by atoms with van der Waals surface area (Å²) in [6, 6.07) is 0. The summed E-state index contributed by atoms with van der Waals surface area (Å²) in [4.78, 5) is 22.9. The average molecular weight is 196 g/mol. The van der Waals surface area contributed by atoms with E-state index in [1.807, 2.05) is 0 Å². The Morgan fingerprint density at radius 3 is 2.64 bits per heavy atom. The summed E-state index contributed by atoms with van der Waals surface area (Å²) in [6.07, 6.45) is 5.79. The standard InChI is InChI=1S/C11H16O3/c12-9-5-1-2-6-11(9)7-3-4-8(11)10(13)14/h8H,1-7H2,(H,13,14). The first-order valence-corrected chi connectivity index (χ1v) is 5.43. The van der Waals surface area contributed by atoms with E-state index < -0.39 is 17.3 Å². The highest BCUT2D eigenvalue weighted by molar-refractivity contribution is 5.91. The number of Topliss-reactive ketones (excluding diaryl/α,β-unsaturated/α-hetero) is 1. The van der Waals surface area contributed by atoms with E-state index in [-0.39, 0.29) is 5.78 Å². The molecule has 3 heteroatoms. The van der Waals surface area contributed by atoms with E-state index in [4.69, 9.17) is 5.11 Å². The van der Waals surface area contributed by atoms with Crippen molar-refractivity contribution in [1.29, 1.82) is 0 Å². The van der Waals surface area contributed by atoms with Gasteiger partial charge in [-0.05, 0) is 25.7 Å². The third-order valence-electron chi connectivity index (χ3n) is 3.91. The molecule has 0 amide bonds. The summed E-state index contributed by atoms with van der Waals surface area (Å²) in [6.45, 7) is 0. The Labute approximate surface area is 83.5 Å². The van der Waals surface area contributed by atoms with Gasteiger partial charge in [-0.1, -0.05) is 12.8 Å². The number of carbonyl (C=O) groups excluding carboxylic acids is 1. The first-order chi connectivity index (χ1) is 6.67. The molecular weight excluding hydrogens is 180 g/mol. The van der Waals surface area contributed by atoms with Gasteiger partial charge in [0.25, 0.3) is 0 Å². The normalized spacial score (nSPS) is 37.7. The first kappa shape index (κ1) is 9.69. The molecule has 2 fully saturated rings. The van der Waals surface area contributed by atoms with E-state index >= 15 is 0 Å². The summed E-state index contributed by atoms with van der Waals surface area (Å²) in [5.74, 6) is -0.943. The topological polar surface area (TPSA) is 54.4 Å². The van der Waals surface area contributed by atoms with Crippen LogP contribution in [0, 0.1) is 11.3 Å². The number of carbonyl (C=O) groups is 2. The third kappa shape index (κ3) is 1.26. The fourth-order valence-electron chi connectivity index (χ4n) is 3.18. The molecule has 1 spiro atoms. The van der Waals surface area contributed by atoms with Gasteiger partial charge in [-0.15, -0.1) is 0 Å².